The molecule has 0 aliphatic carbocycles. The molecule has 0 unspecified atom stereocenters. The van der Waals surface area contributed by atoms with Gasteiger partial charge in [-0.05, 0) is 18.2 Å². The molecule has 1 aromatic rings. The summed E-state index contributed by atoms with van der Waals surface area (Å²) in [5.41, 5.74) is 1.24. The molecule has 0 saturated heterocycles. The fourth-order valence-corrected chi connectivity index (χ4v) is 2.02. The number of halogens is 1. The Bertz CT molecular complexity index is 304. The lowest BCUT2D eigenvalue weighted by Crippen LogP contribution is -2.45. The maximum Gasteiger partial charge on any atom is 0.249 e. The van der Waals surface area contributed by atoms with Crippen LogP contribution >= 0.6 is 15.9 Å². The van der Waals surface area contributed by atoms with Crippen LogP contribution in [0.1, 0.15) is 27.7 Å². The van der Waals surface area contributed by atoms with Crippen molar-refractivity contribution in [3.05, 3.63) is 28.7 Å². The summed E-state index contributed by atoms with van der Waals surface area (Å²) in [6.45, 7) is 8.86. The first-order valence-corrected chi connectivity index (χ1v) is 6.18. The quantitative estimate of drug-likeness (QED) is 0.758. The first kappa shape index (κ1) is 12.8. The van der Waals surface area contributed by atoms with E-state index in [0.29, 0.717) is 12.1 Å². The SMILES string of the molecule is CC(C)N([B]c1ccccc1Br)C(C)C. The van der Waals surface area contributed by atoms with Crippen LogP contribution in [0.3, 0.4) is 0 Å². The van der Waals surface area contributed by atoms with Gasteiger partial charge in [0.05, 0.1) is 0 Å². The third kappa shape index (κ3) is 3.65. The van der Waals surface area contributed by atoms with Crippen LogP contribution in [0.4, 0.5) is 0 Å². The van der Waals surface area contributed by atoms with Crippen LogP contribution in [0.15, 0.2) is 28.7 Å². The summed E-state index contributed by atoms with van der Waals surface area (Å²) < 4.78 is 1.15. The van der Waals surface area contributed by atoms with E-state index in [1.165, 1.54) is 5.46 Å². The van der Waals surface area contributed by atoms with Crippen LogP contribution in [0, 0.1) is 0 Å². The summed E-state index contributed by atoms with van der Waals surface area (Å²) in [6, 6.07) is 9.35. The van der Waals surface area contributed by atoms with Crippen molar-refractivity contribution in [2.75, 3.05) is 0 Å². The highest BCUT2D eigenvalue weighted by Crippen LogP contribution is 2.08. The van der Waals surface area contributed by atoms with Crippen molar-refractivity contribution < 1.29 is 0 Å². The molecular weight excluding hydrogens is 249 g/mol. The van der Waals surface area contributed by atoms with Crippen molar-refractivity contribution >= 4 is 28.8 Å². The Morgan fingerprint density at radius 2 is 1.60 bits per heavy atom. The van der Waals surface area contributed by atoms with Gasteiger partial charge in [-0.1, -0.05) is 67.3 Å². The third-order valence-electron chi connectivity index (χ3n) is 2.39. The standard InChI is InChI=1S/C12H18BBrN/c1-9(2)15(10(3)4)13-11-7-5-6-8-12(11)14/h5-10H,1-4H3. The van der Waals surface area contributed by atoms with Crippen LogP contribution < -0.4 is 5.46 Å². The van der Waals surface area contributed by atoms with Crippen LogP contribution in [0.25, 0.3) is 0 Å². The second-order valence-corrected chi connectivity index (χ2v) is 5.14. The molecule has 0 atom stereocenters. The molecule has 0 aliphatic heterocycles. The van der Waals surface area contributed by atoms with Gasteiger partial charge < -0.3 is 4.81 Å². The smallest absolute Gasteiger partial charge is 0.249 e. The van der Waals surface area contributed by atoms with E-state index in [0.717, 1.165) is 4.47 Å². The lowest BCUT2D eigenvalue weighted by Gasteiger charge is -2.30. The summed E-state index contributed by atoms with van der Waals surface area (Å²) in [5.74, 6) is 0. The Morgan fingerprint density at radius 1 is 1.07 bits per heavy atom. The predicted molar refractivity (Wildman–Crippen MR) is 71.6 cm³/mol. The van der Waals surface area contributed by atoms with E-state index in [1.54, 1.807) is 0 Å². The van der Waals surface area contributed by atoms with E-state index in [9.17, 15) is 0 Å². The lowest BCUT2D eigenvalue weighted by molar-refractivity contribution is 0.315. The molecule has 0 aromatic heterocycles. The van der Waals surface area contributed by atoms with Gasteiger partial charge in [0.2, 0.25) is 7.41 Å². The minimum Gasteiger partial charge on any atom is -0.338 e. The Morgan fingerprint density at radius 3 is 2.07 bits per heavy atom. The second-order valence-electron chi connectivity index (χ2n) is 4.29. The monoisotopic (exact) mass is 266 g/mol. The average Bonchev–Trinajstić information content (AvgIpc) is 2.15. The minimum atomic E-state index is 0.525. The highest BCUT2D eigenvalue weighted by Gasteiger charge is 2.16. The van der Waals surface area contributed by atoms with Crippen LogP contribution in [-0.4, -0.2) is 24.3 Å². The van der Waals surface area contributed by atoms with Crippen LogP contribution in [0.5, 0.6) is 0 Å². The topological polar surface area (TPSA) is 3.24 Å². The van der Waals surface area contributed by atoms with E-state index in [1.807, 2.05) is 6.07 Å². The zero-order chi connectivity index (χ0) is 11.4. The van der Waals surface area contributed by atoms with Crippen molar-refractivity contribution in [2.24, 2.45) is 0 Å². The molecule has 0 fully saturated rings. The summed E-state index contributed by atoms with van der Waals surface area (Å²) in [7, 11) is 2.22. The fourth-order valence-electron chi connectivity index (χ4n) is 1.63. The molecule has 3 heteroatoms. The molecular formula is C12H18BBrN. The van der Waals surface area contributed by atoms with Crippen molar-refractivity contribution in [2.45, 2.75) is 39.8 Å². The Kier molecular flexibility index (Phi) is 4.87. The first-order valence-electron chi connectivity index (χ1n) is 5.39. The number of nitrogens with zero attached hydrogens (tertiary/aromatic N) is 1. The molecule has 81 valence electrons. The normalized spacial score (nSPS) is 11.5. The van der Waals surface area contributed by atoms with Gasteiger partial charge >= 0.3 is 0 Å². The molecule has 0 heterocycles. The largest absolute Gasteiger partial charge is 0.338 e. The molecule has 0 spiro atoms. The zero-order valence-electron chi connectivity index (χ0n) is 9.87. The van der Waals surface area contributed by atoms with Gasteiger partial charge in [-0.2, -0.15) is 0 Å². The van der Waals surface area contributed by atoms with Crippen LogP contribution in [0.2, 0.25) is 0 Å². The molecule has 15 heavy (non-hydrogen) atoms. The summed E-state index contributed by atoms with van der Waals surface area (Å²) in [5, 5.41) is 0. The van der Waals surface area contributed by atoms with Gasteiger partial charge in [-0.25, -0.2) is 0 Å². The Labute approximate surface area is 102 Å². The molecule has 1 nitrogen and oxygen atoms in total. The maximum absolute atomic E-state index is 3.57. The molecule has 1 aromatic carbocycles. The predicted octanol–water partition coefficient (Wildman–Crippen LogP) is 2.81. The highest BCUT2D eigenvalue weighted by molar-refractivity contribution is 9.10. The Balaban J connectivity index is 2.79. The van der Waals surface area contributed by atoms with Gasteiger partial charge in [0.1, 0.15) is 0 Å². The van der Waals surface area contributed by atoms with Gasteiger partial charge in [-0.3, -0.25) is 0 Å². The van der Waals surface area contributed by atoms with Crippen molar-refractivity contribution in [1.82, 2.24) is 4.81 Å². The van der Waals surface area contributed by atoms with Gasteiger partial charge in [0, 0.05) is 4.47 Å². The highest BCUT2D eigenvalue weighted by atomic mass is 79.9. The van der Waals surface area contributed by atoms with Crippen molar-refractivity contribution in [3.8, 4) is 0 Å². The average molecular weight is 267 g/mol. The van der Waals surface area contributed by atoms with Gasteiger partial charge in [-0.15, -0.1) is 0 Å². The van der Waals surface area contributed by atoms with E-state index in [2.05, 4.69) is 74.0 Å². The summed E-state index contributed by atoms with van der Waals surface area (Å²) in [4.78, 5) is 2.36. The number of hydrogen-bond donors (Lipinski definition) is 0. The maximum atomic E-state index is 3.57. The number of rotatable bonds is 4. The molecule has 0 bridgehead atoms. The number of benzene rings is 1. The van der Waals surface area contributed by atoms with E-state index in [-0.39, 0.29) is 0 Å². The van der Waals surface area contributed by atoms with Crippen LogP contribution in [-0.2, 0) is 0 Å². The van der Waals surface area contributed by atoms with E-state index in [4.69, 9.17) is 0 Å². The Hall–Kier alpha value is -0.275. The van der Waals surface area contributed by atoms with Gasteiger partial charge in [0.25, 0.3) is 0 Å². The van der Waals surface area contributed by atoms with Crippen molar-refractivity contribution in [3.63, 3.8) is 0 Å². The summed E-state index contributed by atoms with van der Waals surface area (Å²) in [6.07, 6.45) is 0. The third-order valence-corrected chi connectivity index (χ3v) is 3.11. The minimum absolute atomic E-state index is 0.525. The first-order chi connectivity index (χ1) is 7.02. The molecule has 0 amide bonds. The second kappa shape index (κ2) is 5.71. The van der Waals surface area contributed by atoms with Crippen molar-refractivity contribution in [1.29, 1.82) is 0 Å². The van der Waals surface area contributed by atoms with Gasteiger partial charge in [0.15, 0.2) is 0 Å². The fraction of sp³-hybridized carbons (Fsp3) is 0.500. The zero-order valence-corrected chi connectivity index (χ0v) is 11.5. The van der Waals surface area contributed by atoms with E-state index >= 15 is 0 Å². The molecule has 1 radical (unpaired) electrons. The molecule has 0 aliphatic rings. The molecule has 0 N–H and O–H groups in total. The molecule has 0 saturated carbocycles. The van der Waals surface area contributed by atoms with E-state index < -0.39 is 0 Å². The molecule has 1 rings (SSSR count). The lowest BCUT2D eigenvalue weighted by atomic mass is 9.78. The number of hydrogen-bond acceptors (Lipinski definition) is 1. The summed E-state index contributed by atoms with van der Waals surface area (Å²) >= 11 is 3.57.